The molecule has 1 heterocycles. The maximum absolute atomic E-state index is 11.6. The highest BCUT2D eigenvalue weighted by molar-refractivity contribution is 5.80. The van der Waals surface area contributed by atoms with E-state index in [1.165, 1.54) is 0 Å². The van der Waals surface area contributed by atoms with E-state index in [9.17, 15) is 4.79 Å². The molecule has 2 N–H and O–H groups in total. The van der Waals surface area contributed by atoms with Gasteiger partial charge < -0.3 is 15.2 Å². The molecule has 1 aliphatic heterocycles. The van der Waals surface area contributed by atoms with Gasteiger partial charge in [0.25, 0.3) is 0 Å². The molecule has 1 aliphatic rings. The topological polar surface area (TPSA) is 61.5 Å². The predicted octanol–water partition coefficient (Wildman–Crippen LogP) is 0.836. The van der Waals surface area contributed by atoms with E-state index in [-0.39, 0.29) is 11.6 Å². The number of carbonyl (C=O) groups is 1. The molecule has 1 saturated heterocycles. The highest BCUT2D eigenvalue weighted by Gasteiger charge is 2.44. The number of ether oxygens (including phenoxy) is 2. The molecule has 1 fully saturated rings. The summed E-state index contributed by atoms with van der Waals surface area (Å²) in [7, 11) is 0. The van der Waals surface area contributed by atoms with Gasteiger partial charge in [0, 0.05) is 13.0 Å². The second-order valence-corrected chi connectivity index (χ2v) is 4.41. The first-order valence-corrected chi connectivity index (χ1v) is 5.00. The van der Waals surface area contributed by atoms with Crippen molar-refractivity contribution in [2.45, 2.75) is 44.8 Å². The fraction of sp³-hybridized carbons (Fsp3) is 0.900. The fourth-order valence-corrected chi connectivity index (χ4v) is 1.86. The molecule has 1 unspecified atom stereocenters. The van der Waals surface area contributed by atoms with Crippen LogP contribution in [0.2, 0.25) is 0 Å². The highest BCUT2D eigenvalue weighted by atomic mass is 16.5. The van der Waals surface area contributed by atoms with Gasteiger partial charge in [-0.15, -0.1) is 0 Å². The van der Waals surface area contributed by atoms with Gasteiger partial charge >= 0.3 is 5.97 Å². The Bertz CT molecular complexity index is 227. The minimum absolute atomic E-state index is 0.309. The quantitative estimate of drug-likeness (QED) is 0.672. The molecule has 82 valence electrons. The largest absolute Gasteiger partial charge is 0.465 e. The first kappa shape index (κ1) is 11.5. The van der Waals surface area contributed by atoms with Crippen LogP contribution < -0.4 is 5.73 Å². The van der Waals surface area contributed by atoms with Gasteiger partial charge in [0.2, 0.25) is 0 Å². The summed E-state index contributed by atoms with van der Waals surface area (Å²) in [5.41, 5.74) is 4.81. The molecule has 14 heavy (non-hydrogen) atoms. The Hall–Kier alpha value is -0.610. The van der Waals surface area contributed by atoms with Gasteiger partial charge in [-0.1, -0.05) is 0 Å². The lowest BCUT2D eigenvalue weighted by molar-refractivity contribution is -0.160. The molecule has 4 heteroatoms. The Labute approximate surface area is 84.7 Å². The Kier molecular flexibility index (Phi) is 3.17. The molecule has 4 nitrogen and oxygen atoms in total. The van der Waals surface area contributed by atoms with Crippen LogP contribution in [0.3, 0.4) is 0 Å². The van der Waals surface area contributed by atoms with Crippen LogP contribution in [0.5, 0.6) is 0 Å². The zero-order valence-corrected chi connectivity index (χ0v) is 9.13. The number of nitrogens with two attached hydrogens (primary N) is 1. The fourth-order valence-electron chi connectivity index (χ4n) is 1.86. The van der Waals surface area contributed by atoms with Crippen molar-refractivity contribution in [2.24, 2.45) is 5.73 Å². The summed E-state index contributed by atoms with van der Waals surface area (Å²) < 4.78 is 10.5. The molecule has 1 rings (SSSR count). The van der Waals surface area contributed by atoms with E-state index < -0.39 is 5.54 Å². The van der Waals surface area contributed by atoms with Gasteiger partial charge in [-0.2, -0.15) is 0 Å². The number of hydrogen-bond donors (Lipinski definition) is 1. The van der Waals surface area contributed by atoms with Crippen molar-refractivity contribution in [3.05, 3.63) is 0 Å². The molecule has 0 aromatic heterocycles. The van der Waals surface area contributed by atoms with Crippen molar-refractivity contribution >= 4 is 5.97 Å². The minimum Gasteiger partial charge on any atom is -0.465 e. The monoisotopic (exact) mass is 201 g/mol. The number of carbonyl (C=O) groups excluding carboxylic acids is 1. The van der Waals surface area contributed by atoms with Crippen molar-refractivity contribution in [2.75, 3.05) is 13.2 Å². The van der Waals surface area contributed by atoms with E-state index in [2.05, 4.69) is 0 Å². The average molecular weight is 201 g/mol. The van der Waals surface area contributed by atoms with Gasteiger partial charge in [0.05, 0.1) is 12.2 Å². The normalized spacial score (nSPS) is 31.1. The second kappa shape index (κ2) is 3.87. The molecule has 1 atom stereocenters. The average Bonchev–Trinajstić information content (AvgIpc) is 2.02. The van der Waals surface area contributed by atoms with Crippen LogP contribution in [0.1, 0.15) is 33.6 Å². The molecule has 0 bridgehead atoms. The number of hydrogen-bond acceptors (Lipinski definition) is 4. The summed E-state index contributed by atoms with van der Waals surface area (Å²) in [6.07, 6.45) is 1.05. The summed E-state index contributed by atoms with van der Waals surface area (Å²) in [4.78, 5) is 11.6. The van der Waals surface area contributed by atoms with Gasteiger partial charge in [0.15, 0.2) is 0 Å². The van der Waals surface area contributed by atoms with Crippen molar-refractivity contribution in [1.82, 2.24) is 0 Å². The standard InChI is InChI=1S/C10H19NO3/c1-4-13-8(12)10(11)5-6-14-9(2,3)7-10/h4-7,11H2,1-3H3. The van der Waals surface area contributed by atoms with Crippen LogP contribution in [-0.2, 0) is 14.3 Å². The summed E-state index contributed by atoms with van der Waals surface area (Å²) in [5.74, 6) is -0.309. The van der Waals surface area contributed by atoms with Crippen molar-refractivity contribution in [1.29, 1.82) is 0 Å². The Morgan fingerprint density at radius 1 is 1.57 bits per heavy atom. The SMILES string of the molecule is CCOC(=O)C1(N)CCOC(C)(C)C1. The molecule has 0 saturated carbocycles. The third-order valence-electron chi connectivity index (χ3n) is 2.46. The number of rotatable bonds is 2. The van der Waals surface area contributed by atoms with Gasteiger partial charge in [-0.25, -0.2) is 0 Å². The van der Waals surface area contributed by atoms with Crippen LogP contribution >= 0.6 is 0 Å². The molecule has 0 aromatic rings. The summed E-state index contributed by atoms with van der Waals surface area (Å²) in [6.45, 7) is 6.55. The Morgan fingerprint density at radius 2 is 2.21 bits per heavy atom. The van der Waals surface area contributed by atoms with E-state index in [4.69, 9.17) is 15.2 Å². The zero-order chi connectivity index (χ0) is 10.8. The smallest absolute Gasteiger partial charge is 0.326 e. The van der Waals surface area contributed by atoms with Crippen LogP contribution in [0, 0.1) is 0 Å². The van der Waals surface area contributed by atoms with Crippen LogP contribution in [0.4, 0.5) is 0 Å². The van der Waals surface area contributed by atoms with E-state index in [0.717, 1.165) is 0 Å². The minimum atomic E-state index is -0.863. The Balaban J connectivity index is 2.68. The van der Waals surface area contributed by atoms with E-state index in [0.29, 0.717) is 26.1 Å². The lowest BCUT2D eigenvalue weighted by Crippen LogP contribution is -2.57. The predicted molar refractivity (Wildman–Crippen MR) is 52.8 cm³/mol. The Morgan fingerprint density at radius 3 is 2.71 bits per heavy atom. The van der Waals surface area contributed by atoms with Crippen LogP contribution in [0.25, 0.3) is 0 Å². The van der Waals surface area contributed by atoms with Crippen molar-refractivity contribution in [3.63, 3.8) is 0 Å². The van der Waals surface area contributed by atoms with E-state index in [1.54, 1.807) is 6.92 Å². The second-order valence-electron chi connectivity index (χ2n) is 4.41. The molecular weight excluding hydrogens is 182 g/mol. The van der Waals surface area contributed by atoms with Crippen LogP contribution in [0.15, 0.2) is 0 Å². The summed E-state index contributed by atoms with van der Waals surface area (Å²) in [5, 5.41) is 0. The summed E-state index contributed by atoms with van der Waals surface area (Å²) >= 11 is 0. The van der Waals surface area contributed by atoms with E-state index >= 15 is 0 Å². The van der Waals surface area contributed by atoms with Crippen molar-refractivity contribution < 1.29 is 14.3 Å². The van der Waals surface area contributed by atoms with Gasteiger partial charge in [0.1, 0.15) is 5.54 Å². The molecule has 0 amide bonds. The van der Waals surface area contributed by atoms with Crippen molar-refractivity contribution in [3.8, 4) is 0 Å². The van der Waals surface area contributed by atoms with E-state index in [1.807, 2.05) is 13.8 Å². The van der Waals surface area contributed by atoms with Crippen LogP contribution in [-0.4, -0.2) is 30.3 Å². The summed E-state index contributed by atoms with van der Waals surface area (Å²) in [6, 6.07) is 0. The molecule has 0 aliphatic carbocycles. The molecule has 0 radical (unpaired) electrons. The lowest BCUT2D eigenvalue weighted by atomic mass is 9.82. The van der Waals surface area contributed by atoms with Gasteiger partial charge in [-0.05, 0) is 27.2 Å². The van der Waals surface area contributed by atoms with Gasteiger partial charge in [-0.3, -0.25) is 4.79 Å². The maximum Gasteiger partial charge on any atom is 0.326 e. The first-order chi connectivity index (χ1) is 6.40. The third kappa shape index (κ3) is 2.45. The zero-order valence-electron chi connectivity index (χ0n) is 9.13. The third-order valence-corrected chi connectivity index (χ3v) is 2.46. The first-order valence-electron chi connectivity index (χ1n) is 5.00. The molecule has 0 spiro atoms. The maximum atomic E-state index is 11.6. The highest BCUT2D eigenvalue weighted by Crippen LogP contribution is 2.30. The lowest BCUT2D eigenvalue weighted by Gasteiger charge is -2.40. The molecule has 0 aromatic carbocycles. The number of esters is 1. The molecular formula is C10H19NO3.